The van der Waals surface area contributed by atoms with Gasteiger partial charge in [-0.3, -0.25) is 4.79 Å². The number of halogens is 2. The Morgan fingerprint density at radius 2 is 1.70 bits per heavy atom. The van der Waals surface area contributed by atoms with Gasteiger partial charge in [0, 0.05) is 24.8 Å². The summed E-state index contributed by atoms with van der Waals surface area (Å²) in [5.41, 5.74) is 0.397. The van der Waals surface area contributed by atoms with E-state index >= 15 is 0 Å². The predicted molar refractivity (Wildman–Crippen MR) is 94.9 cm³/mol. The summed E-state index contributed by atoms with van der Waals surface area (Å²) in [6.45, 7) is 0.628. The molecule has 0 aromatic heterocycles. The van der Waals surface area contributed by atoms with Gasteiger partial charge < -0.3 is 10.1 Å². The van der Waals surface area contributed by atoms with E-state index in [0.717, 1.165) is 25.0 Å². The molecule has 1 N–H and O–H groups in total. The standard InChI is InChI=1S/C18H18F2N2O4S/c19-16-8-5-14(11-17(16)20)26-12-18(23)21-13-3-6-15(7-4-13)27(24,25)22-9-1-2-10-22/h3-8,11H,1-2,9-10,12H2,(H,21,23). The number of anilines is 1. The van der Waals surface area contributed by atoms with E-state index in [4.69, 9.17) is 4.74 Å². The third kappa shape index (κ3) is 4.61. The zero-order valence-corrected chi connectivity index (χ0v) is 15.1. The highest BCUT2D eigenvalue weighted by Crippen LogP contribution is 2.22. The van der Waals surface area contributed by atoms with Crippen LogP contribution in [0.3, 0.4) is 0 Å². The highest BCUT2D eigenvalue weighted by atomic mass is 32.2. The average molecular weight is 396 g/mol. The van der Waals surface area contributed by atoms with Crippen LogP contribution in [0.2, 0.25) is 0 Å². The maximum Gasteiger partial charge on any atom is 0.262 e. The molecule has 3 rings (SSSR count). The van der Waals surface area contributed by atoms with E-state index < -0.39 is 34.2 Å². The van der Waals surface area contributed by atoms with Gasteiger partial charge in [-0.25, -0.2) is 17.2 Å². The molecule has 0 spiro atoms. The minimum atomic E-state index is -3.51. The van der Waals surface area contributed by atoms with E-state index in [1.165, 1.54) is 34.6 Å². The number of amides is 1. The first kappa shape index (κ1) is 19.2. The Labute approximate surface area is 155 Å². The zero-order valence-electron chi connectivity index (χ0n) is 14.3. The smallest absolute Gasteiger partial charge is 0.262 e. The number of carbonyl (C=O) groups excluding carboxylic acids is 1. The normalized spacial score (nSPS) is 14.9. The summed E-state index contributed by atoms with van der Waals surface area (Å²) >= 11 is 0. The molecular formula is C18H18F2N2O4S. The highest BCUT2D eigenvalue weighted by molar-refractivity contribution is 7.89. The summed E-state index contributed by atoms with van der Waals surface area (Å²) in [5, 5.41) is 2.55. The van der Waals surface area contributed by atoms with Crippen molar-refractivity contribution in [3.8, 4) is 5.75 Å². The van der Waals surface area contributed by atoms with Crippen molar-refractivity contribution in [2.45, 2.75) is 17.7 Å². The van der Waals surface area contributed by atoms with E-state index in [1.54, 1.807) is 0 Å². The number of carbonyl (C=O) groups is 1. The zero-order chi connectivity index (χ0) is 19.4. The third-order valence-electron chi connectivity index (χ3n) is 4.10. The van der Waals surface area contributed by atoms with Crippen molar-refractivity contribution < 1.29 is 26.7 Å². The lowest BCUT2D eigenvalue weighted by Gasteiger charge is -2.15. The fourth-order valence-electron chi connectivity index (χ4n) is 2.70. The SMILES string of the molecule is O=C(COc1ccc(F)c(F)c1)Nc1ccc(S(=O)(=O)N2CCCC2)cc1. The maximum absolute atomic E-state index is 13.1. The summed E-state index contributed by atoms with van der Waals surface area (Å²) in [4.78, 5) is 12.1. The monoisotopic (exact) mass is 396 g/mol. The van der Waals surface area contributed by atoms with Crippen LogP contribution in [0.25, 0.3) is 0 Å². The first-order valence-electron chi connectivity index (χ1n) is 8.34. The van der Waals surface area contributed by atoms with Gasteiger partial charge in [-0.05, 0) is 49.2 Å². The van der Waals surface area contributed by atoms with Gasteiger partial charge in [-0.1, -0.05) is 0 Å². The van der Waals surface area contributed by atoms with Gasteiger partial charge in [0.15, 0.2) is 18.2 Å². The summed E-state index contributed by atoms with van der Waals surface area (Å²) in [7, 11) is -3.51. The number of hydrogen-bond acceptors (Lipinski definition) is 4. The first-order chi connectivity index (χ1) is 12.9. The summed E-state index contributed by atoms with van der Waals surface area (Å²) in [6, 6.07) is 8.79. The fourth-order valence-corrected chi connectivity index (χ4v) is 4.22. The Morgan fingerprint density at radius 1 is 1.04 bits per heavy atom. The van der Waals surface area contributed by atoms with Crippen LogP contribution in [0.1, 0.15) is 12.8 Å². The molecule has 1 fully saturated rings. The van der Waals surface area contributed by atoms with Crippen molar-refractivity contribution in [3.63, 3.8) is 0 Å². The van der Waals surface area contributed by atoms with Gasteiger partial charge in [-0.15, -0.1) is 0 Å². The van der Waals surface area contributed by atoms with Crippen LogP contribution in [0.5, 0.6) is 5.75 Å². The Kier molecular flexibility index (Phi) is 5.71. The molecule has 27 heavy (non-hydrogen) atoms. The second-order valence-corrected chi connectivity index (χ2v) is 7.99. The quantitative estimate of drug-likeness (QED) is 0.815. The molecule has 2 aromatic rings. The number of sulfonamides is 1. The van der Waals surface area contributed by atoms with Crippen molar-refractivity contribution >= 4 is 21.6 Å². The van der Waals surface area contributed by atoms with Crippen molar-refractivity contribution in [3.05, 3.63) is 54.1 Å². The van der Waals surface area contributed by atoms with Crippen LogP contribution in [0.4, 0.5) is 14.5 Å². The van der Waals surface area contributed by atoms with Gasteiger partial charge >= 0.3 is 0 Å². The molecule has 9 heteroatoms. The molecule has 0 atom stereocenters. The molecule has 1 aliphatic heterocycles. The number of benzene rings is 2. The predicted octanol–water partition coefficient (Wildman–Crippen LogP) is 2.77. The Bertz CT molecular complexity index is 927. The number of hydrogen-bond donors (Lipinski definition) is 1. The Balaban J connectivity index is 1.57. The summed E-state index contributed by atoms with van der Waals surface area (Å²) < 4.78 is 57.4. The third-order valence-corrected chi connectivity index (χ3v) is 6.01. The molecular weight excluding hydrogens is 378 g/mol. The average Bonchev–Trinajstić information content (AvgIpc) is 3.19. The second kappa shape index (κ2) is 8.01. The number of nitrogens with zero attached hydrogens (tertiary/aromatic N) is 1. The second-order valence-electron chi connectivity index (χ2n) is 6.05. The van der Waals surface area contributed by atoms with E-state index in [9.17, 15) is 22.0 Å². The van der Waals surface area contributed by atoms with Crippen LogP contribution in [-0.2, 0) is 14.8 Å². The first-order valence-corrected chi connectivity index (χ1v) is 9.78. The van der Waals surface area contributed by atoms with Crippen molar-refractivity contribution in [2.75, 3.05) is 25.0 Å². The molecule has 1 aliphatic rings. The van der Waals surface area contributed by atoms with E-state index in [0.29, 0.717) is 18.8 Å². The van der Waals surface area contributed by atoms with Crippen LogP contribution in [-0.4, -0.2) is 38.3 Å². The Morgan fingerprint density at radius 3 is 2.33 bits per heavy atom. The van der Waals surface area contributed by atoms with Crippen LogP contribution < -0.4 is 10.1 Å². The molecule has 2 aromatic carbocycles. The largest absolute Gasteiger partial charge is 0.484 e. The Hall–Kier alpha value is -2.52. The molecule has 6 nitrogen and oxygen atoms in total. The van der Waals surface area contributed by atoms with E-state index in [2.05, 4.69) is 5.32 Å². The van der Waals surface area contributed by atoms with Gasteiger partial charge in [0.2, 0.25) is 10.0 Å². The topological polar surface area (TPSA) is 75.7 Å². The minimum Gasteiger partial charge on any atom is -0.484 e. The van der Waals surface area contributed by atoms with Gasteiger partial charge in [0.1, 0.15) is 5.75 Å². The number of ether oxygens (including phenoxy) is 1. The molecule has 0 unspecified atom stereocenters. The summed E-state index contributed by atoms with van der Waals surface area (Å²) in [6.07, 6.45) is 1.71. The number of rotatable bonds is 6. The van der Waals surface area contributed by atoms with Crippen molar-refractivity contribution in [1.82, 2.24) is 4.31 Å². The van der Waals surface area contributed by atoms with Crippen molar-refractivity contribution in [1.29, 1.82) is 0 Å². The molecule has 0 aliphatic carbocycles. The lowest BCUT2D eigenvalue weighted by Crippen LogP contribution is -2.27. The molecule has 0 bridgehead atoms. The molecule has 1 heterocycles. The van der Waals surface area contributed by atoms with Crippen LogP contribution >= 0.6 is 0 Å². The van der Waals surface area contributed by atoms with E-state index in [-0.39, 0.29) is 10.6 Å². The fraction of sp³-hybridized carbons (Fsp3) is 0.278. The van der Waals surface area contributed by atoms with E-state index in [1.807, 2.05) is 0 Å². The molecule has 0 radical (unpaired) electrons. The lowest BCUT2D eigenvalue weighted by molar-refractivity contribution is -0.118. The maximum atomic E-state index is 13.1. The molecule has 1 saturated heterocycles. The molecule has 144 valence electrons. The lowest BCUT2D eigenvalue weighted by atomic mass is 10.3. The van der Waals surface area contributed by atoms with Gasteiger partial charge in [0.25, 0.3) is 5.91 Å². The minimum absolute atomic E-state index is 0.0242. The van der Waals surface area contributed by atoms with Crippen molar-refractivity contribution in [2.24, 2.45) is 0 Å². The molecule has 1 amide bonds. The van der Waals surface area contributed by atoms with Gasteiger partial charge in [-0.2, -0.15) is 4.31 Å². The van der Waals surface area contributed by atoms with Gasteiger partial charge in [0.05, 0.1) is 4.90 Å². The number of nitrogens with one attached hydrogen (secondary N) is 1. The van der Waals surface area contributed by atoms with Crippen LogP contribution in [0, 0.1) is 11.6 Å². The summed E-state index contributed by atoms with van der Waals surface area (Å²) in [5.74, 6) is -2.57. The molecule has 0 saturated carbocycles. The highest BCUT2D eigenvalue weighted by Gasteiger charge is 2.26. The van der Waals surface area contributed by atoms with Crippen LogP contribution in [0.15, 0.2) is 47.4 Å².